The van der Waals surface area contributed by atoms with Gasteiger partial charge in [-0.3, -0.25) is 9.59 Å². The minimum Gasteiger partial charge on any atom is -0.481 e. The third-order valence-electron chi connectivity index (χ3n) is 2.05. The zero-order chi connectivity index (χ0) is 12.6. The summed E-state index contributed by atoms with van der Waals surface area (Å²) in [6.07, 6.45) is -0.174. The van der Waals surface area contributed by atoms with Gasteiger partial charge in [0.15, 0.2) is 6.86 Å². The Hall–Kier alpha value is -1.21. The highest BCUT2D eigenvalue weighted by molar-refractivity contribution is 5.73. The molecule has 0 amide bonds. The van der Waals surface area contributed by atoms with E-state index >= 15 is 0 Å². The first-order valence-electron chi connectivity index (χ1n) is 4.85. The first kappa shape index (κ1) is 14.8. The van der Waals surface area contributed by atoms with Crippen LogP contribution in [-0.2, 0) is 14.3 Å². The molecule has 2 atom stereocenters. The highest BCUT2D eigenvalue weighted by Crippen LogP contribution is 2.11. The van der Waals surface area contributed by atoms with Crippen molar-refractivity contribution in [2.45, 2.75) is 37.8 Å². The molecule has 94 valence electrons. The van der Waals surface area contributed by atoms with E-state index in [1.165, 1.54) is 0 Å². The lowest BCUT2D eigenvalue weighted by Crippen LogP contribution is -2.35. The lowest BCUT2D eigenvalue weighted by molar-refractivity contribution is -0.140. The van der Waals surface area contributed by atoms with Crippen LogP contribution in [0.5, 0.6) is 0 Å². The van der Waals surface area contributed by atoms with E-state index in [1.54, 1.807) is 0 Å². The number of carboxylic acid groups (broad SMARTS) is 2. The summed E-state index contributed by atoms with van der Waals surface area (Å²) in [5.74, 6) is -2.15. The number of aliphatic carboxylic acids is 2. The van der Waals surface area contributed by atoms with Gasteiger partial charge in [-0.1, -0.05) is 0 Å². The molecule has 0 heterocycles. The molecule has 0 aromatic rings. The molecular formula is C9H16FNO5. The van der Waals surface area contributed by atoms with Crippen molar-refractivity contribution in [3.8, 4) is 0 Å². The second-order valence-electron chi connectivity index (χ2n) is 3.36. The number of halogens is 1. The van der Waals surface area contributed by atoms with E-state index in [9.17, 15) is 14.0 Å². The Kier molecular flexibility index (Phi) is 7.40. The minimum absolute atomic E-state index is 0.0289. The number of carboxylic acids is 2. The molecular weight excluding hydrogens is 220 g/mol. The van der Waals surface area contributed by atoms with E-state index in [-0.39, 0.29) is 19.3 Å². The van der Waals surface area contributed by atoms with Crippen LogP contribution in [0.25, 0.3) is 0 Å². The van der Waals surface area contributed by atoms with Crippen molar-refractivity contribution in [1.29, 1.82) is 0 Å². The quantitative estimate of drug-likeness (QED) is 0.533. The summed E-state index contributed by atoms with van der Waals surface area (Å²) in [7, 11) is 0. The van der Waals surface area contributed by atoms with Crippen molar-refractivity contribution in [3.05, 3.63) is 0 Å². The van der Waals surface area contributed by atoms with Crippen LogP contribution in [0.15, 0.2) is 0 Å². The molecule has 0 fully saturated rings. The van der Waals surface area contributed by atoms with Gasteiger partial charge >= 0.3 is 11.9 Å². The lowest BCUT2D eigenvalue weighted by atomic mass is 10.0. The predicted molar refractivity (Wildman–Crippen MR) is 52.6 cm³/mol. The number of hydrogen-bond acceptors (Lipinski definition) is 4. The second kappa shape index (κ2) is 8.00. The van der Waals surface area contributed by atoms with E-state index in [0.717, 1.165) is 0 Å². The fourth-order valence-electron chi connectivity index (χ4n) is 1.22. The molecule has 0 saturated heterocycles. The molecule has 6 nitrogen and oxygen atoms in total. The van der Waals surface area contributed by atoms with Crippen molar-refractivity contribution in [1.82, 2.24) is 0 Å². The van der Waals surface area contributed by atoms with Crippen LogP contribution in [-0.4, -0.2) is 41.2 Å². The number of nitrogens with two attached hydrogens (primary N) is 1. The zero-order valence-electron chi connectivity index (χ0n) is 8.76. The summed E-state index contributed by atoms with van der Waals surface area (Å²) in [5, 5.41) is 16.9. The average molecular weight is 236 g/mol. The first-order valence-corrected chi connectivity index (χ1v) is 4.85. The average Bonchev–Trinajstić information content (AvgIpc) is 2.17. The van der Waals surface area contributed by atoms with E-state index in [4.69, 9.17) is 15.9 Å². The maximum absolute atomic E-state index is 12.0. The molecule has 0 aliphatic rings. The SMILES string of the molecule is NC(CC(CCCC(=O)O)OC[18F])C(=O)O. The van der Waals surface area contributed by atoms with Crippen molar-refractivity contribution < 1.29 is 28.9 Å². The fourth-order valence-corrected chi connectivity index (χ4v) is 1.22. The monoisotopic (exact) mass is 236 g/mol. The molecule has 0 radical (unpaired) electrons. The van der Waals surface area contributed by atoms with Gasteiger partial charge in [0.2, 0.25) is 0 Å². The molecule has 4 N–H and O–H groups in total. The summed E-state index contributed by atoms with van der Waals surface area (Å²) in [6.45, 7) is -1.04. The summed E-state index contributed by atoms with van der Waals surface area (Å²) < 4.78 is 16.6. The maximum Gasteiger partial charge on any atom is 0.320 e. The number of rotatable bonds is 9. The summed E-state index contributed by atoms with van der Waals surface area (Å²) in [6, 6.07) is -1.12. The van der Waals surface area contributed by atoms with Crippen LogP contribution in [0, 0.1) is 0 Å². The third kappa shape index (κ3) is 7.13. The van der Waals surface area contributed by atoms with Gasteiger partial charge < -0.3 is 20.7 Å². The van der Waals surface area contributed by atoms with Crippen molar-refractivity contribution in [3.63, 3.8) is 0 Å². The Morgan fingerprint density at radius 3 is 2.44 bits per heavy atom. The van der Waals surface area contributed by atoms with Crippen molar-refractivity contribution >= 4 is 11.9 Å². The molecule has 2 unspecified atom stereocenters. The number of alkyl halides is 1. The van der Waals surface area contributed by atoms with Gasteiger partial charge in [-0.05, 0) is 19.3 Å². The van der Waals surface area contributed by atoms with Crippen LogP contribution in [0.4, 0.5) is 4.39 Å². The molecule has 0 bridgehead atoms. The van der Waals surface area contributed by atoms with Crippen LogP contribution in [0.1, 0.15) is 25.7 Å². The van der Waals surface area contributed by atoms with Gasteiger partial charge in [-0.25, -0.2) is 4.39 Å². The van der Waals surface area contributed by atoms with E-state index in [0.29, 0.717) is 6.42 Å². The van der Waals surface area contributed by atoms with Crippen molar-refractivity contribution in [2.24, 2.45) is 5.73 Å². The molecule has 7 heteroatoms. The molecule has 0 rings (SSSR count). The van der Waals surface area contributed by atoms with Crippen LogP contribution < -0.4 is 5.73 Å². The Bertz CT molecular complexity index is 236. The molecule has 16 heavy (non-hydrogen) atoms. The first-order chi connectivity index (χ1) is 7.47. The van der Waals surface area contributed by atoms with Gasteiger partial charge in [0.05, 0.1) is 6.10 Å². The van der Waals surface area contributed by atoms with E-state index < -0.39 is 30.9 Å². The Morgan fingerprint density at radius 2 is 2.00 bits per heavy atom. The highest BCUT2D eigenvalue weighted by Gasteiger charge is 2.19. The molecule has 0 aliphatic heterocycles. The Morgan fingerprint density at radius 1 is 1.38 bits per heavy atom. The number of carbonyl (C=O) groups is 2. The van der Waals surface area contributed by atoms with E-state index in [1.807, 2.05) is 0 Å². The highest BCUT2D eigenvalue weighted by atomic mass is 18.2. The van der Waals surface area contributed by atoms with Gasteiger partial charge in [0, 0.05) is 6.42 Å². The molecule has 0 spiro atoms. The van der Waals surface area contributed by atoms with E-state index in [2.05, 4.69) is 4.74 Å². The summed E-state index contributed by atoms with van der Waals surface area (Å²) in [5.41, 5.74) is 5.26. The predicted octanol–water partition coefficient (Wildman–Crippen LogP) is 0.355. The minimum atomic E-state index is -1.19. The smallest absolute Gasteiger partial charge is 0.320 e. The standard InChI is InChI=1S/C9H16FNO5/c10-5-16-6(2-1-3-8(12)13)4-7(11)9(14)15/h6-7H,1-5,11H2,(H,12,13)(H,14,15)/i10-1. The van der Waals surface area contributed by atoms with Gasteiger partial charge in [-0.15, -0.1) is 0 Å². The maximum atomic E-state index is 12.0. The fraction of sp³-hybridized carbons (Fsp3) is 0.778. The van der Waals surface area contributed by atoms with Crippen LogP contribution in [0.3, 0.4) is 0 Å². The summed E-state index contributed by atoms with van der Waals surface area (Å²) >= 11 is 0. The second-order valence-corrected chi connectivity index (χ2v) is 3.36. The number of hydrogen-bond donors (Lipinski definition) is 3. The molecule has 0 aromatic heterocycles. The van der Waals surface area contributed by atoms with Gasteiger partial charge in [0.1, 0.15) is 6.04 Å². The Balaban J connectivity index is 3.96. The largest absolute Gasteiger partial charge is 0.481 e. The zero-order valence-corrected chi connectivity index (χ0v) is 8.76. The Labute approximate surface area is 92.2 Å². The van der Waals surface area contributed by atoms with Gasteiger partial charge in [-0.2, -0.15) is 0 Å². The number of ether oxygens (including phenoxy) is 1. The van der Waals surface area contributed by atoms with Gasteiger partial charge in [0.25, 0.3) is 0 Å². The third-order valence-corrected chi connectivity index (χ3v) is 2.05. The molecule has 0 aliphatic carbocycles. The van der Waals surface area contributed by atoms with Crippen molar-refractivity contribution in [2.75, 3.05) is 6.86 Å². The molecule has 0 aromatic carbocycles. The lowest BCUT2D eigenvalue weighted by Gasteiger charge is -2.17. The topological polar surface area (TPSA) is 110 Å². The normalized spacial score (nSPS) is 14.4. The summed E-state index contributed by atoms with van der Waals surface area (Å²) in [4.78, 5) is 20.7. The van der Waals surface area contributed by atoms with Crippen LogP contribution in [0.2, 0.25) is 0 Å². The molecule has 0 saturated carbocycles. The van der Waals surface area contributed by atoms with Crippen LogP contribution >= 0.6 is 0 Å².